The largest absolute Gasteiger partial charge is 0.497 e. The first-order valence-corrected chi connectivity index (χ1v) is 10.7. The standard InChI is InChI=1S/C26H24N4O4/c1-32-16-9-10-21(33-2)15(12-16)13-30-14-20-22(26(30)31)23(27)19-7-4-6-17(24(19)29-20)18-8-5-11-28-25(18)34-3/h4-12,14,31H,13,27H2,1-3H3. The van der Waals surface area contributed by atoms with E-state index in [4.69, 9.17) is 24.9 Å². The van der Waals surface area contributed by atoms with Gasteiger partial charge in [-0.2, -0.15) is 0 Å². The smallest absolute Gasteiger partial charge is 0.221 e. The van der Waals surface area contributed by atoms with Crippen LogP contribution in [0.2, 0.25) is 0 Å². The maximum atomic E-state index is 11.1. The molecular formula is C26H24N4O4. The second-order valence-corrected chi connectivity index (χ2v) is 7.81. The van der Waals surface area contributed by atoms with Crippen LogP contribution >= 0.6 is 0 Å². The fourth-order valence-electron chi connectivity index (χ4n) is 4.30. The Balaban J connectivity index is 1.70. The molecule has 0 unspecified atom stereocenters. The number of aromatic nitrogens is 3. The van der Waals surface area contributed by atoms with E-state index in [2.05, 4.69) is 4.98 Å². The molecule has 3 heterocycles. The van der Waals surface area contributed by atoms with Gasteiger partial charge < -0.3 is 29.6 Å². The van der Waals surface area contributed by atoms with Crippen molar-refractivity contribution in [2.45, 2.75) is 6.54 Å². The number of hydrogen-bond donors (Lipinski definition) is 2. The Kier molecular flexibility index (Phi) is 5.33. The minimum absolute atomic E-state index is 0.0381. The molecule has 3 N–H and O–H groups in total. The molecule has 8 nitrogen and oxygen atoms in total. The lowest BCUT2D eigenvalue weighted by molar-refractivity contribution is 0.393. The van der Waals surface area contributed by atoms with Gasteiger partial charge in [0.05, 0.1) is 50.0 Å². The van der Waals surface area contributed by atoms with E-state index in [1.807, 2.05) is 48.5 Å². The van der Waals surface area contributed by atoms with Gasteiger partial charge in [0, 0.05) is 34.5 Å². The van der Waals surface area contributed by atoms with Crippen molar-refractivity contribution in [3.8, 4) is 34.4 Å². The molecule has 0 aliphatic rings. The van der Waals surface area contributed by atoms with Crippen LogP contribution < -0.4 is 19.9 Å². The van der Waals surface area contributed by atoms with Crippen molar-refractivity contribution in [1.29, 1.82) is 0 Å². The summed E-state index contributed by atoms with van der Waals surface area (Å²) in [6.45, 7) is 0.349. The molecular weight excluding hydrogens is 432 g/mol. The first-order valence-electron chi connectivity index (χ1n) is 10.7. The van der Waals surface area contributed by atoms with Crippen molar-refractivity contribution >= 4 is 27.5 Å². The van der Waals surface area contributed by atoms with Gasteiger partial charge in [0.2, 0.25) is 11.8 Å². The first-order chi connectivity index (χ1) is 16.5. The minimum Gasteiger partial charge on any atom is -0.497 e. The Hall–Kier alpha value is -4.46. The molecule has 5 rings (SSSR count). The topological polar surface area (TPSA) is 105 Å². The number of aromatic hydroxyl groups is 1. The SMILES string of the molecule is COc1ccc(OC)c(Cn2cc3nc4c(-c5cccnc5OC)cccc4c(N)c3c2O)c1. The van der Waals surface area contributed by atoms with Crippen LogP contribution in [0.3, 0.4) is 0 Å². The fraction of sp³-hybridized carbons (Fsp3) is 0.154. The molecule has 172 valence electrons. The van der Waals surface area contributed by atoms with Crippen LogP contribution in [0, 0.1) is 0 Å². The average molecular weight is 457 g/mol. The molecule has 0 aliphatic heterocycles. The zero-order valence-corrected chi connectivity index (χ0v) is 19.1. The molecule has 8 heteroatoms. The summed E-state index contributed by atoms with van der Waals surface area (Å²) in [6, 6.07) is 15.1. The highest BCUT2D eigenvalue weighted by Crippen LogP contribution is 2.40. The normalized spacial score (nSPS) is 11.1. The number of para-hydroxylation sites is 1. The predicted octanol–water partition coefficient (Wildman–Crippen LogP) is 4.61. The number of benzene rings is 2. The summed E-state index contributed by atoms with van der Waals surface area (Å²) < 4.78 is 18.0. The lowest BCUT2D eigenvalue weighted by atomic mass is 10.0. The molecule has 0 saturated carbocycles. The Morgan fingerprint density at radius 2 is 1.79 bits per heavy atom. The highest BCUT2D eigenvalue weighted by molar-refractivity contribution is 6.12. The van der Waals surface area contributed by atoms with Crippen LogP contribution in [0.25, 0.3) is 32.9 Å². The van der Waals surface area contributed by atoms with Crippen molar-refractivity contribution in [2.24, 2.45) is 0 Å². The van der Waals surface area contributed by atoms with E-state index >= 15 is 0 Å². The Morgan fingerprint density at radius 3 is 2.56 bits per heavy atom. The summed E-state index contributed by atoms with van der Waals surface area (Å²) in [5.41, 5.74) is 10.8. The van der Waals surface area contributed by atoms with Gasteiger partial charge in [0.1, 0.15) is 11.5 Å². The van der Waals surface area contributed by atoms with Gasteiger partial charge >= 0.3 is 0 Å². The summed E-state index contributed by atoms with van der Waals surface area (Å²) in [6.07, 6.45) is 3.47. The number of nitrogens with zero attached hydrogens (tertiary/aromatic N) is 3. The molecule has 0 saturated heterocycles. The summed E-state index contributed by atoms with van der Waals surface area (Å²) in [5.74, 6) is 1.93. The van der Waals surface area contributed by atoms with E-state index in [1.54, 1.807) is 38.3 Å². The molecule has 0 fully saturated rings. The number of anilines is 1. The fourth-order valence-corrected chi connectivity index (χ4v) is 4.30. The van der Waals surface area contributed by atoms with Crippen LogP contribution in [-0.4, -0.2) is 41.0 Å². The lowest BCUT2D eigenvalue weighted by Gasteiger charge is -2.12. The number of ether oxygens (including phenoxy) is 3. The van der Waals surface area contributed by atoms with Gasteiger partial charge in [0.25, 0.3) is 0 Å². The summed E-state index contributed by atoms with van der Waals surface area (Å²) in [4.78, 5) is 9.20. The number of fused-ring (bicyclic) bond motifs is 2. The molecule has 5 aromatic rings. The lowest BCUT2D eigenvalue weighted by Crippen LogP contribution is -2.01. The molecule has 0 spiro atoms. The number of rotatable bonds is 6. The van der Waals surface area contributed by atoms with E-state index < -0.39 is 0 Å². The predicted molar refractivity (Wildman–Crippen MR) is 132 cm³/mol. The third kappa shape index (κ3) is 3.40. The number of nitrogens with two attached hydrogens (primary N) is 1. The van der Waals surface area contributed by atoms with Gasteiger partial charge in [-0.25, -0.2) is 9.97 Å². The van der Waals surface area contributed by atoms with Crippen molar-refractivity contribution in [3.63, 3.8) is 0 Å². The van der Waals surface area contributed by atoms with E-state index in [0.29, 0.717) is 46.0 Å². The number of pyridine rings is 2. The van der Waals surface area contributed by atoms with E-state index in [1.165, 1.54) is 0 Å². The van der Waals surface area contributed by atoms with Crippen molar-refractivity contribution in [2.75, 3.05) is 27.1 Å². The second kappa shape index (κ2) is 8.47. The molecule has 0 amide bonds. The number of nitrogen functional groups attached to an aromatic ring is 1. The van der Waals surface area contributed by atoms with Crippen LogP contribution in [-0.2, 0) is 6.54 Å². The molecule has 3 aromatic heterocycles. The maximum absolute atomic E-state index is 11.1. The molecule has 0 bridgehead atoms. The molecule has 34 heavy (non-hydrogen) atoms. The Morgan fingerprint density at radius 1 is 0.971 bits per heavy atom. The molecule has 0 radical (unpaired) electrons. The summed E-state index contributed by atoms with van der Waals surface area (Å²) >= 11 is 0. The van der Waals surface area contributed by atoms with Gasteiger partial charge in [0.15, 0.2) is 0 Å². The summed E-state index contributed by atoms with van der Waals surface area (Å²) in [7, 11) is 4.80. The molecule has 0 aliphatic carbocycles. The van der Waals surface area contributed by atoms with Crippen LogP contribution in [0.15, 0.2) is 60.9 Å². The third-order valence-corrected chi connectivity index (χ3v) is 5.94. The third-order valence-electron chi connectivity index (χ3n) is 5.94. The van der Waals surface area contributed by atoms with Crippen molar-refractivity contribution < 1.29 is 19.3 Å². The zero-order chi connectivity index (χ0) is 23.8. The van der Waals surface area contributed by atoms with Crippen molar-refractivity contribution in [1.82, 2.24) is 14.5 Å². The van der Waals surface area contributed by atoms with Gasteiger partial charge in [-0.1, -0.05) is 18.2 Å². The van der Waals surface area contributed by atoms with E-state index in [0.717, 1.165) is 22.1 Å². The Bertz CT molecular complexity index is 1530. The minimum atomic E-state index is 0.0381. The number of methoxy groups -OCH3 is 3. The van der Waals surface area contributed by atoms with Gasteiger partial charge in [-0.05, 0) is 30.3 Å². The Labute approximate surface area is 196 Å². The van der Waals surface area contributed by atoms with Crippen molar-refractivity contribution in [3.05, 3.63) is 66.5 Å². The van der Waals surface area contributed by atoms with Crippen LogP contribution in [0.1, 0.15) is 5.56 Å². The maximum Gasteiger partial charge on any atom is 0.221 e. The monoisotopic (exact) mass is 456 g/mol. The average Bonchev–Trinajstić information content (AvgIpc) is 3.18. The van der Waals surface area contributed by atoms with Crippen LogP contribution in [0.4, 0.5) is 5.69 Å². The first kappa shape index (κ1) is 21.4. The molecule has 0 atom stereocenters. The summed E-state index contributed by atoms with van der Waals surface area (Å²) in [5, 5.41) is 12.3. The van der Waals surface area contributed by atoms with Crippen LogP contribution in [0.5, 0.6) is 23.3 Å². The van der Waals surface area contributed by atoms with Gasteiger partial charge in [-0.3, -0.25) is 0 Å². The van der Waals surface area contributed by atoms with E-state index in [-0.39, 0.29) is 5.88 Å². The zero-order valence-electron chi connectivity index (χ0n) is 19.1. The van der Waals surface area contributed by atoms with Gasteiger partial charge in [-0.15, -0.1) is 0 Å². The quantitative estimate of drug-likeness (QED) is 0.384. The van der Waals surface area contributed by atoms with E-state index in [9.17, 15) is 5.11 Å². The second-order valence-electron chi connectivity index (χ2n) is 7.81. The highest BCUT2D eigenvalue weighted by Gasteiger charge is 2.19. The number of hydrogen-bond acceptors (Lipinski definition) is 7. The molecule has 2 aromatic carbocycles. The highest BCUT2D eigenvalue weighted by atomic mass is 16.5.